The molecule has 0 aliphatic carbocycles. The third kappa shape index (κ3) is 20.9. The van der Waals surface area contributed by atoms with E-state index in [-0.39, 0.29) is 43.6 Å². The van der Waals surface area contributed by atoms with Crippen LogP contribution in [0.1, 0.15) is 114 Å². The highest BCUT2D eigenvalue weighted by Gasteiger charge is 2.35. The molecule has 15 N–H and O–H groups in total. The number of carboxylic acid groups (broad SMARTS) is 1. The van der Waals surface area contributed by atoms with Crippen molar-refractivity contribution in [2.45, 2.75) is 168 Å². The number of rotatable bonds is 29. The number of amides is 8. The molecule has 0 fully saturated rings. The Morgan fingerprint density at radius 2 is 0.983 bits per heavy atom. The molecule has 21 nitrogen and oxygen atoms in total. The molecule has 0 rings (SSSR count). The van der Waals surface area contributed by atoms with Gasteiger partial charge in [-0.1, -0.05) is 48.0 Å². The molecule has 0 heterocycles. The molecule has 0 unspecified atom stereocenters. The van der Waals surface area contributed by atoms with Crippen LogP contribution in [0.25, 0.3) is 0 Å². The summed E-state index contributed by atoms with van der Waals surface area (Å²) in [5.74, 6) is -8.20. The van der Waals surface area contributed by atoms with Gasteiger partial charge in [0, 0.05) is 6.42 Å². The fourth-order valence-corrected chi connectivity index (χ4v) is 5.86. The molecule has 0 radical (unpaired) electrons. The molecule has 0 spiro atoms. The summed E-state index contributed by atoms with van der Waals surface area (Å²) in [6.45, 7) is 15.0. The Kier molecular flexibility index (Phi) is 25.5. The van der Waals surface area contributed by atoms with Crippen molar-refractivity contribution < 1.29 is 53.4 Å². The van der Waals surface area contributed by atoms with E-state index in [1.165, 1.54) is 20.8 Å². The van der Waals surface area contributed by atoms with Gasteiger partial charge in [-0.2, -0.15) is 0 Å². The van der Waals surface area contributed by atoms with Gasteiger partial charge in [-0.3, -0.25) is 43.2 Å². The van der Waals surface area contributed by atoms with Crippen molar-refractivity contribution in [1.82, 2.24) is 37.2 Å². The molecule has 8 amide bonds. The third-order valence-electron chi connectivity index (χ3n) is 9.59. The second kappa shape index (κ2) is 27.8. The lowest BCUT2D eigenvalue weighted by molar-refractivity contribution is -0.138. The van der Waals surface area contributed by atoms with Crippen molar-refractivity contribution in [3.63, 3.8) is 0 Å². The maximum Gasteiger partial charge on any atom is 0.303 e. The van der Waals surface area contributed by atoms with E-state index >= 15 is 0 Å². The fourth-order valence-electron chi connectivity index (χ4n) is 5.86. The normalized spacial score (nSPS) is 16.3. The number of primary amides is 1. The van der Waals surface area contributed by atoms with Crippen LogP contribution in [0, 0.1) is 17.8 Å². The van der Waals surface area contributed by atoms with Crippen molar-refractivity contribution in [2.75, 3.05) is 6.54 Å². The van der Waals surface area contributed by atoms with Crippen LogP contribution in [-0.2, 0) is 43.2 Å². The van der Waals surface area contributed by atoms with E-state index in [0.29, 0.717) is 19.3 Å². The van der Waals surface area contributed by atoms with E-state index < -0.39 is 121 Å². The second-order valence-electron chi connectivity index (χ2n) is 16.2. The Morgan fingerprint density at radius 1 is 0.550 bits per heavy atom. The molecule has 0 aliphatic heterocycles. The molecule has 344 valence electrons. The molecular formula is C39H72N10O11. The number of aliphatic hydroxyl groups excluding tert-OH is 1. The van der Waals surface area contributed by atoms with Gasteiger partial charge in [0.25, 0.3) is 0 Å². The van der Waals surface area contributed by atoms with Crippen LogP contribution in [0.2, 0.25) is 0 Å². The summed E-state index contributed by atoms with van der Waals surface area (Å²) >= 11 is 0. The minimum absolute atomic E-state index is 0.0570. The Bertz CT molecular complexity index is 1460. The van der Waals surface area contributed by atoms with Gasteiger partial charge >= 0.3 is 5.97 Å². The van der Waals surface area contributed by atoms with Gasteiger partial charge in [-0.05, 0) is 83.6 Å². The first-order chi connectivity index (χ1) is 27.9. The van der Waals surface area contributed by atoms with Crippen molar-refractivity contribution in [3.8, 4) is 0 Å². The molecule has 10 atom stereocenters. The molecule has 0 aromatic carbocycles. The van der Waals surface area contributed by atoms with Crippen molar-refractivity contribution in [2.24, 2.45) is 35.0 Å². The highest BCUT2D eigenvalue weighted by molar-refractivity contribution is 5.97. The average Bonchev–Trinajstić information content (AvgIpc) is 3.14. The lowest BCUT2D eigenvalue weighted by Gasteiger charge is -2.28. The summed E-state index contributed by atoms with van der Waals surface area (Å²) in [6.07, 6.45) is -0.654. The second-order valence-corrected chi connectivity index (χ2v) is 16.2. The zero-order chi connectivity index (χ0) is 46.4. The van der Waals surface area contributed by atoms with Crippen LogP contribution in [0.3, 0.4) is 0 Å². The summed E-state index contributed by atoms with van der Waals surface area (Å²) in [6, 6.07) is -9.92. The molecule has 0 bridgehead atoms. The average molecular weight is 857 g/mol. The minimum atomic E-state index is -1.51. The lowest BCUT2D eigenvalue weighted by Crippen LogP contribution is -2.61. The number of nitrogens with one attached hydrogen (secondary N) is 7. The van der Waals surface area contributed by atoms with Crippen LogP contribution < -0.4 is 54.4 Å². The predicted molar refractivity (Wildman–Crippen MR) is 222 cm³/mol. The molecular weight excluding hydrogens is 784 g/mol. The molecule has 21 heteroatoms. The number of carbonyl (C=O) groups is 9. The summed E-state index contributed by atoms with van der Waals surface area (Å²) in [5.41, 5.74) is 16.8. The SMILES string of the molecule is CC[C@H](C)[C@H](NC(=O)[C@H](CC(C)C)NC(=O)[C@H](CCCCN)NC(=O)[C@H](CCC(=O)O)NC(=O)[C@H](C)NC(=O)[C@H](CC(C)C)NC(=O)[C@@H](NC(=O)[C@H](C)N)[C@@H](C)O)C(N)=O. The van der Waals surface area contributed by atoms with Gasteiger partial charge in [0.2, 0.25) is 47.3 Å². The molecule has 0 saturated carbocycles. The van der Waals surface area contributed by atoms with Crippen LogP contribution in [0.4, 0.5) is 0 Å². The van der Waals surface area contributed by atoms with E-state index in [9.17, 15) is 53.4 Å². The molecule has 0 saturated heterocycles. The zero-order valence-corrected chi connectivity index (χ0v) is 36.6. The molecule has 0 aliphatic rings. The number of carbonyl (C=O) groups excluding carboxylic acids is 8. The first-order valence-corrected chi connectivity index (χ1v) is 20.6. The van der Waals surface area contributed by atoms with Crippen molar-refractivity contribution >= 4 is 53.2 Å². The summed E-state index contributed by atoms with van der Waals surface area (Å²) in [5, 5.41) is 37.2. The Balaban J connectivity index is 6.29. The molecule has 0 aromatic rings. The van der Waals surface area contributed by atoms with Crippen LogP contribution in [-0.4, -0.2) is 124 Å². The number of hydrogen-bond acceptors (Lipinski definition) is 12. The van der Waals surface area contributed by atoms with Gasteiger partial charge in [-0.15, -0.1) is 0 Å². The smallest absolute Gasteiger partial charge is 0.303 e. The number of aliphatic hydroxyl groups is 1. The quantitative estimate of drug-likeness (QED) is 0.0354. The van der Waals surface area contributed by atoms with E-state index in [1.54, 1.807) is 20.8 Å². The van der Waals surface area contributed by atoms with Crippen molar-refractivity contribution in [1.29, 1.82) is 0 Å². The molecule has 0 aromatic heterocycles. The summed E-state index contributed by atoms with van der Waals surface area (Å²) in [7, 11) is 0. The minimum Gasteiger partial charge on any atom is -0.481 e. The van der Waals surface area contributed by atoms with Gasteiger partial charge in [0.1, 0.15) is 42.3 Å². The standard InChI is InChI=1S/C39H72N10O11/c1-10-21(6)30(32(42)53)48-38(59)28(18-20(4)5)46-35(56)25(13-11-12-16-40)45-36(57)26(14-15-29(51)52)44-34(55)23(8)43-37(58)27(17-19(2)3)47-39(60)31(24(9)50)49-33(54)22(7)41/h19-28,30-31,50H,10-18,40-41H2,1-9H3,(H2,42,53)(H,43,58)(H,44,55)(H,45,57)(H,46,56)(H,47,60)(H,48,59)(H,49,54)(H,51,52)/t21-,22-,23-,24+,25-,26-,27-,28-,30-,31-/m0/s1. The van der Waals surface area contributed by atoms with Gasteiger partial charge in [-0.25, -0.2) is 0 Å². The first-order valence-electron chi connectivity index (χ1n) is 20.6. The summed E-state index contributed by atoms with van der Waals surface area (Å²) in [4.78, 5) is 117. The van der Waals surface area contributed by atoms with Crippen LogP contribution in [0.5, 0.6) is 0 Å². The number of carboxylic acids is 1. The van der Waals surface area contributed by atoms with Gasteiger partial charge in [0.05, 0.1) is 12.1 Å². The monoisotopic (exact) mass is 857 g/mol. The maximum atomic E-state index is 13.8. The van der Waals surface area contributed by atoms with E-state index in [4.69, 9.17) is 17.2 Å². The van der Waals surface area contributed by atoms with E-state index in [0.717, 1.165) is 0 Å². The van der Waals surface area contributed by atoms with Gasteiger partial charge < -0.3 is 64.6 Å². The Labute approximate surface area is 353 Å². The highest BCUT2D eigenvalue weighted by Crippen LogP contribution is 2.12. The topological polar surface area (TPSA) is 356 Å². The van der Waals surface area contributed by atoms with Crippen molar-refractivity contribution in [3.05, 3.63) is 0 Å². The number of nitrogens with two attached hydrogens (primary N) is 3. The number of hydrogen-bond donors (Lipinski definition) is 12. The highest BCUT2D eigenvalue weighted by atomic mass is 16.4. The maximum absolute atomic E-state index is 13.8. The first kappa shape index (κ1) is 55.1. The zero-order valence-electron chi connectivity index (χ0n) is 36.6. The van der Waals surface area contributed by atoms with Crippen LogP contribution >= 0.6 is 0 Å². The summed E-state index contributed by atoms with van der Waals surface area (Å²) < 4.78 is 0. The van der Waals surface area contributed by atoms with Crippen LogP contribution in [0.15, 0.2) is 0 Å². The van der Waals surface area contributed by atoms with E-state index in [2.05, 4.69) is 37.2 Å². The number of aliphatic carboxylic acids is 1. The molecule has 60 heavy (non-hydrogen) atoms. The van der Waals surface area contributed by atoms with E-state index in [1.807, 2.05) is 20.8 Å². The fraction of sp³-hybridized carbons (Fsp3) is 0.769. The largest absolute Gasteiger partial charge is 0.481 e. The number of unbranched alkanes of at least 4 members (excludes halogenated alkanes) is 1. The Morgan fingerprint density at radius 3 is 1.42 bits per heavy atom. The lowest BCUT2D eigenvalue weighted by atomic mass is 9.97. The predicted octanol–water partition coefficient (Wildman–Crippen LogP) is -2.25. The van der Waals surface area contributed by atoms with Gasteiger partial charge in [0.15, 0.2) is 0 Å². The third-order valence-corrected chi connectivity index (χ3v) is 9.59. The Hall–Kier alpha value is -4.89.